The van der Waals surface area contributed by atoms with Gasteiger partial charge in [0.1, 0.15) is 5.75 Å². The minimum atomic E-state index is -3.98. The van der Waals surface area contributed by atoms with Gasteiger partial charge in [-0.15, -0.1) is 0 Å². The van der Waals surface area contributed by atoms with E-state index in [0.717, 1.165) is 0 Å². The Morgan fingerprint density at radius 2 is 1.68 bits per heavy atom. The third-order valence-electron chi connectivity index (χ3n) is 4.31. The smallest absolute Gasteiger partial charge is 0.290 e. The summed E-state index contributed by atoms with van der Waals surface area (Å²) < 4.78 is 32.0. The molecular formula is C19H19N5O6S. The van der Waals surface area contributed by atoms with Crippen molar-refractivity contribution in [3.8, 4) is 5.75 Å². The molecule has 11 nitrogen and oxygen atoms in total. The number of benzene rings is 2. The molecule has 0 bridgehead atoms. The first-order chi connectivity index (χ1) is 14.7. The Morgan fingerprint density at radius 3 is 2.32 bits per heavy atom. The van der Waals surface area contributed by atoms with Gasteiger partial charge in [0.2, 0.25) is 10.0 Å². The van der Waals surface area contributed by atoms with Crippen LogP contribution in [0.15, 0.2) is 58.2 Å². The largest absolute Gasteiger partial charge is 0.497 e. The number of amides is 2. The maximum absolute atomic E-state index is 12.4. The molecule has 12 heteroatoms. The van der Waals surface area contributed by atoms with Gasteiger partial charge in [0, 0.05) is 5.39 Å². The zero-order chi connectivity index (χ0) is 22.6. The van der Waals surface area contributed by atoms with E-state index in [9.17, 15) is 22.8 Å². The summed E-state index contributed by atoms with van der Waals surface area (Å²) in [6.07, 6.45) is 0. The van der Waals surface area contributed by atoms with Gasteiger partial charge >= 0.3 is 0 Å². The number of rotatable bonds is 6. The SMILES string of the molecule is COc1ccc(S(=O)(=O)N[C@@H](C)C(=O)NNC(=O)c2n[nH]c(=O)c3ccccc23)cc1. The molecule has 0 spiro atoms. The Labute approximate surface area is 176 Å². The number of hydrogen-bond acceptors (Lipinski definition) is 7. The molecule has 1 aromatic heterocycles. The molecule has 0 saturated heterocycles. The molecule has 31 heavy (non-hydrogen) atoms. The predicted molar refractivity (Wildman–Crippen MR) is 111 cm³/mol. The lowest BCUT2D eigenvalue weighted by atomic mass is 10.1. The lowest BCUT2D eigenvalue weighted by Crippen LogP contribution is -2.51. The van der Waals surface area contributed by atoms with Crippen LogP contribution in [0, 0.1) is 0 Å². The Morgan fingerprint density at radius 1 is 1.03 bits per heavy atom. The van der Waals surface area contributed by atoms with Crippen molar-refractivity contribution in [2.75, 3.05) is 7.11 Å². The van der Waals surface area contributed by atoms with E-state index in [2.05, 4.69) is 25.8 Å². The number of fused-ring (bicyclic) bond motifs is 1. The molecule has 0 unspecified atom stereocenters. The molecule has 0 aliphatic carbocycles. The van der Waals surface area contributed by atoms with Crippen molar-refractivity contribution >= 4 is 32.6 Å². The Balaban J connectivity index is 1.66. The van der Waals surface area contributed by atoms with Crippen molar-refractivity contribution in [2.24, 2.45) is 0 Å². The Bertz CT molecular complexity index is 1290. The van der Waals surface area contributed by atoms with Gasteiger partial charge < -0.3 is 4.74 Å². The zero-order valence-electron chi connectivity index (χ0n) is 16.5. The summed E-state index contributed by atoms with van der Waals surface area (Å²) >= 11 is 0. The van der Waals surface area contributed by atoms with Gasteiger partial charge in [-0.05, 0) is 37.3 Å². The molecule has 0 saturated carbocycles. The summed E-state index contributed by atoms with van der Waals surface area (Å²) in [5.74, 6) is -1.11. The lowest BCUT2D eigenvalue weighted by Gasteiger charge is -2.15. The normalized spacial score (nSPS) is 12.2. The molecule has 0 aliphatic rings. The quantitative estimate of drug-likeness (QED) is 0.390. The summed E-state index contributed by atoms with van der Waals surface area (Å²) in [4.78, 5) is 36.4. The fourth-order valence-electron chi connectivity index (χ4n) is 2.68. The van der Waals surface area contributed by atoms with E-state index in [1.807, 2.05) is 0 Å². The average Bonchev–Trinajstić information content (AvgIpc) is 2.77. The number of hydrogen-bond donors (Lipinski definition) is 4. The van der Waals surface area contributed by atoms with Gasteiger partial charge in [0.05, 0.1) is 23.4 Å². The Kier molecular flexibility index (Phi) is 6.32. The Hall–Kier alpha value is -3.77. The highest BCUT2D eigenvalue weighted by Gasteiger charge is 2.23. The van der Waals surface area contributed by atoms with Gasteiger partial charge in [0.15, 0.2) is 5.69 Å². The number of nitrogens with zero attached hydrogens (tertiary/aromatic N) is 1. The number of methoxy groups -OCH3 is 1. The van der Waals surface area contributed by atoms with Crippen LogP contribution in [0.5, 0.6) is 5.75 Å². The van der Waals surface area contributed by atoms with Crippen molar-refractivity contribution in [1.82, 2.24) is 25.8 Å². The molecule has 0 radical (unpaired) electrons. The van der Waals surface area contributed by atoms with Crippen LogP contribution >= 0.6 is 0 Å². The number of carbonyl (C=O) groups excluding carboxylic acids is 2. The second-order valence-corrected chi connectivity index (χ2v) is 8.12. The van der Waals surface area contributed by atoms with Crippen LogP contribution in [0.25, 0.3) is 10.8 Å². The van der Waals surface area contributed by atoms with Crippen LogP contribution in [-0.2, 0) is 14.8 Å². The fraction of sp³-hybridized carbons (Fsp3) is 0.158. The maximum Gasteiger partial charge on any atom is 0.290 e. The van der Waals surface area contributed by atoms with E-state index in [1.165, 1.54) is 44.4 Å². The van der Waals surface area contributed by atoms with Crippen molar-refractivity contribution in [3.63, 3.8) is 0 Å². The zero-order valence-corrected chi connectivity index (χ0v) is 17.3. The highest BCUT2D eigenvalue weighted by Crippen LogP contribution is 2.15. The molecule has 1 heterocycles. The highest BCUT2D eigenvalue weighted by atomic mass is 32.2. The summed E-state index contributed by atoms with van der Waals surface area (Å²) in [5, 5.41) is 6.49. The van der Waals surface area contributed by atoms with Crippen LogP contribution in [0.1, 0.15) is 17.4 Å². The van der Waals surface area contributed by atoms with Crippen LogP contribution < -0.4 is 25.9 Å². The predicted octanol–water partition coefficient (Wildman–Crippen LogP) is 0.0597. The average molecular weight is 445 g/mol. The third kappa shape index (κ3) is 4.87. The van der Waals surface area contributed by atoms with E-state index < -0.39 is 33.4 Å². The van der Waals surface area contributed by atoms with Crippen LogP contribution in [0.3, 0.4) is 0 Å². The topological polar surface area (TPSA) is 159 Å². The minimum absolute atomic E-state index is 0.0547. The van der Waals surface area contributed by atoms with E-state index in [-0.39, 0.29) is 16.0 Å². The fourth-order valence-corrected chi connectivity index (χ4v) is 3.89. The van der Waals surface area contributed by atoms with Gasteiger partial charge in [-0.1, -0.05) is 18.2 Å². The summed E-state index contributed by atoms with van der Waals surface area (Å²) in [5.41, 5.74) is 3.72. The van der Waals surface area contributed by atoms with Gasteiger partial charge in [-0.2, -0.15) is 9.82 Å². The second-order valence-electron chi connectivity index (χ2n) is 6.41. The summed E-state index contributed by atoms with van der Waals surface area (Å²) in [7, 11) is -2.53. The van der Waals surface area contributed by atoms with Gasteiger partial charge in [0.25, 0.3) is 17.4 Å². The summed E-state index contributed by atoms with van der Waals surface area (Å²) in [6, 6.07) is 10.8. The molecule has 4 N–H and O–H groups in total. The third-order valence-corrected chi connectivity index (χ3v) is 5.86. The lowest BCUT2D eigenvalue weighted by molar-refractivity contribution is -0.123. The molecule has 2 aromatic carbocycles. The minimum Gasteiger partial charge on any atom is -0.497 e. The number of aromatic amines is 1. The van der Waals surface area contributed by atoms with E-state index in [0.29, 0.717) is 11.1 Å². The highest BCUT2D eigenvalue weighted by molar-refractivity contribution is 7.89. The number of H-pyrrole nitrogens is 1. The van der Waals surface area contributed by atoms with Crippen LogP contribution in [-0.4, -0.2) is 43.6 Å². The van der Waals surface area contributed by atoms with Crippen molar-refractivity contribution in [1.29, 1.82) is 0 Å². The molecule has 0 fully saturated rings. The number of ether oxygens (including phenoxy) is 1. The van der Waals surface area contributed by atoms with Crippen LogP contribution in [0.4, 0.5) is 0 Å². The van der Waals surface area contributed by atoms with Crippen molar-refractivity contribution in [3.05, 3.63) is 64.6 Å². The van der Waals surface area contributed by atoms with Gasteiger partial charge in [-0.25, -0.2) is 13.5 Å². The second kappa shape index (κ2) is 8.93. The first-order valence-electron chi connectivity index (χ1n) is 8.97. The van der Waals surface area contributed by atoms with E-state index >= 15 is 0 Å². The number of nitrogens with one attached hydrogen (secondary N) is 4. The summed E-state index contributed by atoms with van der Waals surface area (Å²) in [6.45, 7) is 1.32. The van der Waals surface area contributed by atoms with Crippen molar-refractivity contribution < 1.29 is 22.7 Å². The molecule has 0 aliphatic heterocycles. The van der Waals surface area contributed by atoms with Crippen molar-refractivity contribution in [2.45, 2.75) is 17.9 Å². The monoisotopic (exact) mass is 445 g/mol. The first-order valence-corrected chi connectivity index (χ1v) is 10.5. The molecule has 1 atom stereocenters. The maximum atomic E-state index is 12.4. The van der Waals surface area contributed by atoms with Gasteiger partial charge in [-0.3, -0.25) is 25.2 Å². The molecule has 3 rings (SSSR count). The number of carbonyl (C=O) groups is 2. The standard InChI is InChI=1S/C19H19N5O6S/c1-11(24-31(28,29)13-9-7-12(30-2)8-10-13)17(25)21-23-19(27)16-14-5-3-4-6-15(14)18(26)22-20-16/h3-11,24H,1-2H3,(H,21,25)(H,22,26)(H,23,27)/t11-/m0/s1. The van der Waals surface area contributed by atoms with E-state index in [4.69, 9.17) is 4.74 Å². The molecule has 162 valence electrons. The molecular weight excluding hydrogens is 426 g/mol. The number of hydrazine groups is 1. The molecule has 3 aromatic rings. The number of aromatic nitrogens is 2. The first kappa shape index (κ1) is 21.9. The molecule has 2 amide bonds. The van der Waals surface area contributed by atoms with E-state index in [1.54, 1.807) is 18.2 Å². The van der Waals surface area contributed by atoms with Crippen LogP contribution in [0.2, 0.25) is 0 Å². The number of sulfonamides is 1.